The molecule has 2 rings (SSSR count). The number of nitrogen functional groups attached to an aromatic ring is 1. The van der Waals surface area contributed by atoms with Gasteiger partial charge >= 0.3 is 5.97 Å². The number of benzene rings is 1. The maximum absolute atomic E-state index is 11.8. The van der Waals surface area contributed by atoms with E-state index in [0.717, 1.165) is 11.3 Å². The van der Waals surface area contributed by atoms with Crippen LogP contribution >= 0.6 is 0 Å². The van der Waals surface area contributed by atoms with Gasteiger partial charge in [0.05, 0.1) is 12.8 Å². The van der Waals surface area contributed by atoms with Gasteiger partial charge in [0.2, 0.25) is 0 Å². The number of aromatic nitrogens is 1. The minimum absolute atomic E-state index is 0. The van der Waals surface area contributed by atoms with Crippen molar-refractivity contribution in [1.29, 1.82) is 0 Å². The summed E-state index contributed by atoms with van der Waals surface area (Å²) in [6.45, 7) is 3.76. The molecule has 0 saturated heterocycles. The van der Waals surface area contributed by atoms with E-state index in [9.17, 15) is 4.79 Å². The number of rotatable bonds is 3. The molecule has 107 valence electrons. The summed E-state index contributed by atoms with van der Waals surface area (Å²) in [6.07, 6.45) is 1.42. The van der Waals surface area contributed by atoms with Crippen LogP contribution in [0.25, 0.3) is 0 Å². The summed E-state index contributed by atoms with van der Waals surface area (Å²) in [4.78, 5) is 15.8. The standard InChI is InChI=1S/C15H16N3O2.Y/c1-9-6-4-5-7-12(9)18-13-10(2)14(16)17-8-11(13)15(19)20-3;/h5-8H,1-3H3,(H3,16,17,18);/q-1;. The minimum atomic E-state index is -0.455. The van der Waals surface area contributed by atoms with Crippen molar-refractivity contribution in [2.24, 2.45) is 0 Å². The number of carbonyl (C=O) groups is 1. The summed E-state index contributed by atoms with van der Waals surface area (Å²) in [5, 5.41) is 3.22. The Morgan fingerprint density at radius 1 is 1.43 bits per heavy atom. The van der Waals surface area contributed by atoms with Crippen LogP contribution in [0.2, 0.25) is 0 Å². The third-order valence-electron chi connectivity index (χ3n) is 3.10. The third kappa shape index (κ3) is 3.80. The number of nitrogens with two attached hydrogens (primary N) is 1. The second-order valence-electron chi connectivity index (χ2n) is 4.41. The molecule has 1 heterocycles. The summed E-state index contributed by atoms with van der Waals surface area (Å²) in [6, 6.07) is 8.53. The minimum Gasteiger partial charge on any atom is -0.465 e. The van der Waals surface area contributed by atoms with Crippen LogP contribution < -0.4 is 11.1 Å². The van der Waals surface area contributed by atoms with Crippen LogP contribution in [0.1, 0.15) is 21.5 Å². The molecule has 0 fully saturated rings. The molecule has 1 aromatic heterocycles. The van der Waals surface area contributed by atoms with Crippen molar-refractivity contribution in [2.75, 3.05) is 18.2 Å². The van der Waals surface area contributed by atoms with E-state index in [4.69, 9.17) is 10.5 Å². The predicted octanol–water partition coefficient (Wildman–Crippen LogP) is 2.61. The predicted molar refractivity (Wildman–Crippen MR) is 78.0 cm³/mol. The molecule has 0 amide bonds. The van der Waals surface area contributed by atoms with Gasteiger partial charge in [-0.1, -0.05) is 12.6 Å². The number of ether oxygens (including phenoxy) is 1. The number of anilines is 3. The molecule has 2 aromatic rings. The van der Waals surface area contributed by atoms with Gasteiger partial charge in [0.15, 0.2) is 0 Å². The number of hydrogen-bond acceptors (Lipinski definition) is 5. The zero-order valence-electron chi connectivity index (χ0n) is 12.2. The number of methoxy groups -OCH3 is 1. The normalized spacial score (nSPS) is 9.67. The first-order valence-corrected chi connectivity index (χ1v) is 6.11. The Bertz CT molecular complexity index is 659. The van der Waals surface area contributed by atoms with Crippen molar-refractivity contribution in [3.8, 4) is 0 Å². The number of esters is 1. The van der Waals surface area contributed by atoms with Gasteiger partial charge in [0.1, 0.15) is 11.4 Å². The van der Waals surface area contributed by atoms with Gasteiger partial charge in [0.25, 0.3) is 0 Å². The van der Waals surface area contributed by atoms with Crippen LogP contribution in [0.15, 0.2) is 24.4 Å². The Morgan fingerprint density at radius 2 is 2.14 bits per heavy atom. The zero-order valence-corrected chi connectivity index (χ0v) is 15.1. The molecule has 0 atom stereocenters. The molecule has 3 N–H and O–H groups in total. The van der Waals surface area contributed by atoms with Crippen LogP contribution in [0, 0.1) is 19.9 Å². The molecule has 0 unspecified atom stereocenters. The average Bonchev–Trinajstić information content (AvgIpc) is 2.45. The van der Waals surface area contributed by atoms with Gasteiger partial charge in [-0.2, -0.15) is 18.2 Å². The van der Waals surface area contributed by atoms with Gasteiger partial charge in [-0.15, -0.1) is 11.6 Å². The van der Waals surface area contributed by atoms with Crippen LogP contribution in [-0.2, 0) is 37.4 Å². The maximum atomic E-state index is 11.8. The Labute approximate surface area is 149 Å². The molecule has 21 heavy (non-hydrogen) atoms. The molecule has 5 nitrogen and oxygen atoms in total. The second kappa shape index (κ2) is 7.52. The molecule has 6 heteroatoms. The fourth-order valence-corrected chi connectivity index (χ4v) is 1.84. The summed E-state index contributed by atoms with van der Waals surface area (Å²) < 4.78 is 4.77. The van der Waals surface area contributed by atoms with Crippen LogP contribution in [0.3, 0.4) is 0 Å². The van der Waals surface area contributed by atoms with Crippen LogP contribution in [0.5, 0.6) is 0 Å². The molecular weight excluding hydrogens is 343 g/mol. The smallest absolute Gasteiger partial charge is 0.341 e. The van der Waals surface area contributed by atoms with Crippen molar-refractivity contribution in [1.82, 2.24) is 4.98 Å². The van der Waals surface area contributed by atoms with E-state index in [1.807, 2.05) is 26.0 Å². The van der Waals surface area contributed by atoms with Crippen molar-refractivity contribution in [3.63, 3.8) is 0 Å². The van der Waals surface area contributed by atoms with Gasteiger partial charge < -0.3 is 15.8 Å². The first-order chi connectivity index (χ1) is 9.54. The van der Waals surface area contributed by atoms with Crippen molar-refractivity contribution in [3.05, 3.63) is 47.2 Å². The number of nitrogens with one attached hydrogen (secondary N) is 1. The van der Waals surface area contributed by atoms with Crippen LogP contribution in [-0.4, -0.2) is 18.1 Å². The summed E-state index contributed by atoms with van der Waals surface area (Å²) >= 11 is 0. The van der Waals surface area contributed by atoms with Gasteiger partial charge in [-0.05, 0) is 6.92 Å². The fourth-order valence-electron chi connectivity index (χ4n) is 1.84. The molecule has 0 spiro atoms. The quantitative estimate of drug-likeness (QED) is 0.651. The topological polar surface area (TPSA) is 77.2 Å². The summed E-state index contributed by atoms with van der Waals surface area (Å²) in [5.74, 6) is -0.0800. The second-order valence-corrected chi connectivity index (χ2v) is 4.41. The first kappa shape index (κ1) is 17.6. The molecule has 0 bridgehead atoms. The molecule has 0 saturated carbocycles. The van der Waals surface area contributed by atoms with Gasteiger partial charge in [0, 0.05) is 44.5 Å². The number of pyridine rings is 1. The molecule has 0 aliphatic rings. The Hall–Kier alpha value is -1.46. The number of nitrogens with zero attached hydrogens (tertiary/aromatic N) is 1. The number of hydrogen-bond donors (Lipinski definition) is 2. The number of carbonyl (C=O) groups excluding carboxylic acids is 1. The average molecular weight is 359 g/mol. The Morgan fingerprint density at radius 3 is 2.76 bits per heavy atom. The monoisotopic (exact) mass is 359 g/mol. The molecule has 0 aliphatic heterocycles. The van der Waals surface area contributed by atoms with Crippen molar-refractivity contribution >= 4 is 23.2 Å². The van der Waals surface area contributed by atoms with Crippen molar-refractivity contribution in [2.45, 2.75) is 13.8 Å². The molecule has 0 aliphatic carbocycles. The van der Waals surface area contributed by atoms with Crippen LogP contribution in [0.4, 0.5) is 17.2 Å². The Kier molecular flexibility index (Phi) is 6.30. The maximum Gasteiger partial charge on any atom is 0.341 e. The van der Waals surface area contributed by atoms with E-state index in [1.54, 1.807) is 6.07 Å². The summed E-state index contributed by atoms with van der Waals surface area (Å²) in [7, 11) is 1.33. The molecule has 1 radical (unpaired) electrons. The largest absolute Gasteiger partial charge is 0.465 e. The van der Waals surface area contributed by atoms with E-state index >= 15 is 0 Å². The SMILES string of the molecule is COC(=O)c1cnc(N)c(C)c1Nc1cc[c-]cc1C.[Y]. The zero-order chi connectivity index (χ0) is 14.7. The summed E-state index contributed by atoms with van der Waals surface area (Å²) in [5.41, 5.74) is 9.37. The first-order valence-electron chi connectivity index (χ1n) is 6.11. The van der Waals surface area contributed by atoms with Crippen molar-refractivity contribution < 1.29 is 42.2 Å². The van der Waals surface area contributed by atoms with E-state index in [0.29, 0.717) is 22.6 Å². The molecule has 1 aromatic carbocycles. The van der Waals surface area contributed by atoms with E-state index < -0.39 is 5.97 Å². The van der Waals surface area contributed by atoms with E-state index in [1.165, 1.54) is 13.3 Å². The molecular formula is C15H16N3O2Y-. The Balaban J connectivity index is 0.00000220. The number of aryl methyl sites for hydroxylation is 1. The fraction of sp³-hybridized carbons (Fsp3) is 0.200. The van der Waals surface area contributed by atoms with Gasteiger partial charge in [-0.25, -0.2) is 9.78 Å². The van der Waals surface area contributed by atoms with E-state index in [2.05, 4.69) is 16.4 Å². The van der Waals surface area contributed by atoms with Gasteiger partial charge in [-0.3, -0.25) is 0 Å². The van der Waals surface area contributed by atoms with E-state index in [-0.39, 0.29) is 32.7 Å². The third-order valence-corrected chi connectivity index (χ3v) is 3.10.